The van der Waals surface area contributed by atoms with Gasteiger partial charge in [0.15, 0.2) is 0 Å². The van der Waals surface area contributed by atoms with E-state index in [1.54, 1.807) is 13.0 Å². The Balaban J connectivity index is 1.44. The number of likely N-dealkylation sites (tertiary alicyclic amines) is 1. The highest BCUT2D eigenvalue weighted by Gasteiger charge is 2.33. The number of carbonyl (C=O) groups is 2. The second-order valence-corrected chi connectivity index (χ2v) is 7.24. The summed E-state index contributed by atoms with van der Waals surface area (Å²) >= 11 is 0. The van der Waals surface area contributed by atoms with E-state index in [-0.39, 0.29) is 23.7 Å². The summed E-state index contributed by atoms with van der Waals surface area (Å²) in [5.74, 6) is 0.380. The number of anilines is 1. The van der Waals surface area contributed by atoms with E-state index < -0.39 is 6.17 Å². The molecular weight excluding hydrogens is 323 g/mol. The minimum Gasteiger partial charge on any atom is -0.397 e. The quantitative estimate of drug-likeness (QED) is 0.847. The average Bonchev–Trinajstić information content (AvgIpc) is 3.02. The molecule has 25 heavy (non-hydrogen) atoms. The lowest BCUT2D eigenvalue weighted by Gasteiger charge is -2.30. The Morgan fingerprint density at radius 3 is 2.88 bits per heavy atom. The molecule has 0 bridgehead atoms. The van der Waals surface area contributed by atoms with Crippen molar-refractivity contribution >= 4 is 17.5 Å². The summed E-state index contributed by atoms with van der Waals surface area (Å²) in [5, 5.41) is 2.92. The fourth-order valence-corrected chi connectivity index (χ4v) is 3.53. The first-order chi connectivity index (χ1) is 11.9. The zero-order valence-electron chi connectivity index (χ0n) is 14.5. The Morgan fingerprint density at radius 2 is 2.16 bits per heavy atom. The van der Waals surface area contributed by atoms with Crippen LogP contribution in [0.3, 0.4) is 0 Å². The second kappa shape index (κ2) is 7.37. The summed E-state index contributed by atoms with van der Waals surface area (Å²) in [4.78, 5) is 30.5. The van der Waals surface area contributed by atoms with E-state index in [2.05, 4.69) is 10.3 Å². The Hall–Kier alpha value is -2.18. The summed E-state index contributed by atoms with van der Waals surface area (Å²) in [5.41, 5.74) is 7.27. The van der Waals surface area contributed by atoms with Crippen LogP contribution in [-0.4, -0.2) is 47.5 Å². The number of pyridine rings is 1. The van der Waals surface area contributed by atoms with Gasteiger partial charge in [0.2, 0.25) is 5.91 Å². The van der Waals surface area contributed by atoms with Crippen molar-refractivity contribution in [2.24, 2.45) is 11.8 Å². The van der Waals surface area contributed by atoms with Gasteiger partial charge in [-0.05, 0) is 44.1 Å². The standard InChI is InChI=1S/C18H25FN4O2/c1-11-16(7-15(20)9-21-11)18(25)22-8-12-2-3-23(10-12)17(24)6-13-4-14(19)5-13/h7,9,12-14H,2-6,8,10,20H2,1H3,(H,22,25). The van der Waals surface area contributed by atoms with Crippen molar-refractivity contribution in [3.8, 4) is 0 Å². The number of rotatable bonds is 5. The number of halogens is 1. The highest BCUT2D eigenvalue weighted by Crippen LogP contribution is 2.33. The molecule has 0 aromatic carbocycles. The van der Waals surface area contributed by atoms with Gasteiger partial charge in [-0.1, -0.05) is 0 Å². The molecule has 1 saturated carbocycles. The number of aryl methyl sites for hydroxylation is 1. The third-order valence-corrected chi connectivity index (χ3v) is 5.18. The second-order valence-electron chi connectivity index (χ2n) is 7.24. The SMILES string of the molecule is Cc1ncc(N)cc1C(=O)NCC1CCN(C(=O)CC2CC(F)C2)C1. The number of nitrogens with zero attached hydrogens (tertiary/aromatic N) is 2. The van der Waals surface area contributed by atoms with Crippen LogP contribution < -0.4 is 11.1 Å². The topological polar surface area (TPSA) is 88.3 Å². The van der Waals surface area contributed by atoms with E-state index >= 15 is 0 Å². The van der Waals surface area contributed by atoms with Crippen molar-refractivity contribution in [1.82, 2.24) is 15.2 Å². The first-order valence-corrected chi connectivity index (χ1v) is 8.84. The number of nitrogen functional groups attached to an aromatic ring is 1. The van der Waals surface area contributed by atoms with E-state index in [1.165, 1.54) is 6.20 Å². The average molecular weight is 348 g/mol. The Kier molecular flexibility index (Phi) is 5.20. The molecule has 136 valence electrons. The van der Waals surface area contributed by atoms with Crippen LogP contribution in [0.5, 0.6) is 0 Å². The van der Waals surface area contributed by atoms with Crippen LogP contribution in [0.1, 0.15) is 41.7 Å². The first kappa shape index (κ1) is 17.6. The summed E-state index contributed by atoms with van der Waals surface area (Å²) in [7, 11) is 0. The lowest BCUT2D eigenvalue weighted by Crippen LogP contribution is -2.36. The number of hydrogen-bond donors (Lipinski definition) is 2. The summed E-state index contributed by atoms with van der Waals surface area (Å²) in [6.45, 7) is 3.66. The van der Waals surface area contributed by atoms with Gasteiger partial charge in [-0.3, -0.25) is 14.6 Å². The van der Waals surface area contributed by atoms with Crippen LogP contribution in [0.4, 0.5) is 10.1 Å². The number of carbonyl (C=O) groups excluding carboxylic acids is 2. The molecule has 7 heteroatoms. The summed E-state index contributed by atoms with van der Waals surface area (Å²) in [6.07, 6.45) is 3.17. The third kappa shape index (κ3) is 4.27. The molecule has 1 atom stereocenters. The molecule has 0 radical (unpaired) electrons. The highest BCUT2D eigenvalue weighted by atomic mass is 19.1. The normalized spacial score (nSPS) is 25.5. The number of nitrogens with two attached hydrogens (primary N) is 1. The molecule has 2 fully saturated rings. The summed E-state index contributed by atoms with van der Waals surface area (Å²) < 4.78 is 12.8. The summed E-state index contributed by atoms with van der Waals surface area (Å²) in [6, 6.07) is 1.62. The van der Waals surface area contributed by atoms with Crippen LogP contribution in [0.2, 0.25) is 0 Å². The predicted octanol–water partition coefficient (Wildman–Crippen LogP) is 1.69. The number of alkyl halides is 1. The molecule has 3 N–H and O–H groups in total. The van der Waals surface area contributed by atoms with E-state index in [1.807, 2.05) is 4.90 Å². The molecule has 2 heterocycles. The largest absolute Gasteiger partial charge is 0.397 e. The van der Waals surface area contributed by atoms with E-state index in [4.69, 9.17) is 5.73 Å². The zero-order chi connectivity index (χ0) is 18.0. The van der Waals surface area contributed by atoms with E-state index in [0.29, 0.717) is 55.8 Å². The minimum absolute atomic E-state index is 0.113. The fraction of sp³-hybridized carbons (Fsp3) is 0.611. The smallest absolute Gasteiger partial charge is 0.253 e. The van der Waals surface area contributed by atoms with Gasteiger partial charge in [0, 0.05) is 26.1 Å². The van der Waals surface area contributed by atoms with Crippen LogP contribution in [-0.2, 0) is 4.79 Å². The maximum Gasteiger partial charge on any atom is 0.253 e. The zero-order valence-corrected chi connectivity index (χ0v) is 14.5. The molecule has 1 aromatic rings. The molecule has 1 aliphatic carbocycles. The number of hydrogen-bond acceptors (Lipinski definition) is 4. The van der Waals surface area contributed by atoms with E-state index in [0.717, 1.165) is 6.42 Å². The molecule has 2 aliphatic rings. The predicted molar refractivity (Wildman–Crippen MR) is 92.6 cm³/mol. The lowest BCUT2D eigenvalue weighted by atomic mass is 9.81. The molecule has 1 aliphatic heterocycles. The molecule has 6 nitrogen and oxygen atoms in total. The van der Waals surface area contributed by atoms with Gasteiger partial charge in [-0.2, -0.15) is 0 Å². The number of nitrogens with one attached hydrogen (secondary N) is 1. The van der Waals surface area contributed by atoms with Crippen molar-refractivity contribution in [2.45, 2.75) is 38.8 Å². The van der Waals surface area contributed by atoms with Gasteiger partial charge >= 0.3 is 0 Å². The molecule has 0 spiro atoms. The van der Waals surface area contributed by atoms with Gasteiger partial charge in [0.25, 0.3) is 5.91 Å². The lowest BCUT2D eigenvalue weighted by molar-refractivity contribution is -0.132. The van der Waals surface area contributed by atoms with Gasteiger partial charge in [-0.25, -0.2) is 4.39 Å². The first-order valence-electron chi connectivity index (χ1n) is 8.84. The third-order valence-electron chi connectivity index (χ3n) is 5.18. The van der Waals surface area contributed by atoms with Crippen molar-refractivity contribution in [3.05, 3.63) is 23.5 Å². The Labute approximate surface area is 147 Å². The van der Waals surface area contributed by atoms with Gasteiger partial charge < -0.3 is 16.0 Å². The van der Waals surface area contributed by atoms with Crippen molar-refractivity contribution < 1.29 is 14.0 Å². The maximum atomic E-state index is 12.8. The van der Waals surface area contributed by atoms with E-state index in [9.17, 15) is 14.0 Å². The van der Waals surface area contributed by atoms with Crippen LogP contribution in [0.25, 0.3) is 0 Å². The van der Waals surface area contributed by atoms with Gasteiger partial charge in [-0.15, -0.1) is 0 Å². The number of amides is 2. The monoisotopic (exact) mass is 348 g/mol. The molecule has 3 rings (SSSR count). The molecular formula is C18H25FN4O2. The van der Waals surface area contributed by atoms with Crippen LogP contribution in [0, 0.1) is 18.8 Å². The van der Waals surface area contributed by atoms with Gasteiger partial charge in [0.05, 0.1) is 23.1 Å². The molecule has 2 amide bonds. The van der Waals surface area contributed by atoms with Crippen LogP contribution >= 0.6 is 0 Å². The molecule has 1 saturated heterocycles. The van der Waals surface area contributed by atoms with Gasteiger partial charge in [0.1, 0.15) is 6.17 Å². The Morgan fingerprint density at radius 1 is 1.40 bits per heavy atom. The van der Waals surface area contributed by atoms with Crippen LogP contribution in [0.15, 0.2) is 12.3 Å². The highest BCUT2D eigenvalue weighted by molar-refractivity contribution is 5.95. The molecule has 1 aromatic heterocycles. The van der Waals surface area contributed by atoms with Crippen molar-refractivity contribution in [2.75, 3.05) is 25.4 Å². The number of aromatic nitrogens is 1. The molecule has 1 unspecified atom stereocenters. The fourth-order valence-electron chi connectivity index (χ4n) is 3.53. The van der Waals surface area contributed by atoms with Crippen molar-refractivity contribution in [1.29, 1.82) is 0 Å². The Bertz CT molecular complexity index is 660. The maximum absolute atomic E-state index is 12.8. The minimum atomic E-state index is -0.718. The van der Waals surface area contributed by atoms with Crippen molar-refractivity contribution in [3.63, 3.8) is 0 Å².